The number of rotatable bonds is 5. The van der Waals surface area contributed by atoms with E-state index in [0.717, 1.165) is 17.7 Å². The fourth-order valence-electron chi connectivity index (χ4n) is 2.19. The fraction of sp³-hybridized carbons (Fsp3) is 0.0500. The summed E-state index contributed by atoms with van der Waals surface area (Å²) in [6, 6.07) is 14.1. The van der Waals surface area contributed by atoms with Gasteiger partial charge >= 0.3 is 0 Å². The lowest BCUT2D eigenvalue weighted by Gasteiger charge is -2.08. The molecule has 0 heterocycles. The van der Waals surface area contributed by atoms with Crippen LogP contribution in [0, 0.1) is 17.5 Å². The largest absolute Gasteiger partial charge is 0.487 e. The molecule has 0 aromatic heterocycles. The summed E-state index contributed by atoms with van der Waals surface area (Å²) >= 11 is 6.18. The van der Waals surface area contributed by atoms with E-state index in [9.17, 15) is 13.2 Å². The SMILES string of the molecule is Fc1ccc(COc2ccc(C=Nc3ccc(F)cc3F)cc2Cl)cc1. The van der Waals surface area contributed by atoms with Crippen LogP contribution in [0.4, 0.5) is 18.9 Å². The zero-order valence-corrected chi connectivity index (χ0v) is 14.2. The molecule has 2 nitrogen and oxygen atoms in total. The summed E-state index contributed by atoms with van der Waals surface area (Å²) in [5.41, 5.74) is 1.46. The van der Waals surface area contributed by atoms with Crippen LogP contribution in [-0.4, -0.2) is 6.21 Å². The third kappa shape index (κ3) is 4.64. The molecule has 0 saturated heterocycles. The van der Waals surface area contributed by atoms with Crippen molar-refractivity contribution in [3.63, 3.8) is 0 Å². The second-order valence-electron chi connectivity index (χ2n) is 5.46. The Bertz CT molecular complexity index is 942. The van der Waals surface area contributed by atoms with Crippen molar-refractivity contribution >= 4 is 23.5 Å². The van der Waals surface area contributed by atoms with Gasteiger partial charge in [0.15, 0.2) is 5.82 Å². The first-order valence-electron chi connectivity index (χ1n) is 7.67. The predicted molar refractivity (Wildman–Crippen MR) is 95.8 cm³/mol. The smallest absolute Gasteiger partial charge is 0.151 e. The fourth-order valence-corrected chi connectivity index (χ4v) is 2.43. The van der Waals surface area contributed by atoms with Gasteiger partial charge in [-0.15, -0.1) is 0 Å². The standard InChI is InChI=1S/C20H13ClF3NO/c21-17-9-14(11-25-19-7-6-16(23)10-18(19)24)3-8-20(17)26-12-13-1-4-15(22)5-2-13/h1-11H,12H2. The van der Waals surface area contributed by atoms with Gasteiger partial charge in [-0.25, -0.2) is 13.2 Å². The topological polar surface area (TPSA) is 21.6 Å². The van der Waals surface area contributed by atoms with Crippen molar-refractivity contribution in [2.24, 2.45) is 4.99 Å². The minimum Gasteiger partial charge on any atom is -0.487 e. The van der Waals surface area contributed by atoms with Crippen LogP contribution in [0.25, 0.3) is 0 Å². The molecule has 0 aliphatic rings. The first-order valence-corrected chi connectivity index (χ1v) is 8.05. The maximum atomic E-state index is 13.6. The molecule has 0 fully saturated rings. The van der Waals surface area contributed by atoms with Crippen LogP contribution >= 0.6 is 11.6 Å². The quantitative estimate of drug-likeness (QED) is 0.495. The summed E-state index contributed by atoms with van der Waals surface area (Å²) in [5.74, 6) is -1.26. The van der Waals surface area contributed by atoms with E-state index in [2.05, 4.69) is 4.99 Å². The van der Waals surface area contributed by atoms with E-state index in [0.29, 0.717) is 16.3 Å². The third-order valence-corrected chi connectivity index (χ3v) is 3.82. The first-order chi connectivity index (χ1) is 12.5. The zero-order valence-electron chi connectivity index (χ0n) is 13.4. The van der Waals surface area contributed by atoms with Crippen molar-refractivity contribution in [1.82, 2.24) is 0 Å². The number of hydrogen-bond donors (Lipinski definition) is 0. The highest BCUT2D eigenvalue weighted by Gasteiger charge is 2.05. The highest BCUT2D eigenvalue weighted by molar-refractivity contribution is 6.32. The van der Waals surface area contributed by atoms with Gasteiger partial charge in [-0.05, 0) is 53.6 Å². The number of nitrogens with zero attached hydrogens (tertiary/aromatic N) is 1. The Kier molecular flexibility index (Phi) is 5.58. The van der Waals surface area contributed by atoms with Crippen molar-refractivity contribution in [2.75, 3.05) is 0 Å². The van der Waals surface area contributed by atoms with Crippen LogP contribution in [0.2, 0.25) is 5.02 Å². The normalized spacial score (nSPS) is 11.1. The summed E-state index contributed by atoms with van der Waals surface area (Å²) in [5, 5.41) is 0.357. The van der Waals surface area contributed by atoms with Crippen LogP contribution in [-0.2, 0) is 6.61 Å². The Morgan fingerprint density at radius 1 is 0.885 bits per heavy atom. The number of ether oxygens (including phenoxy) is 1. The van der Waals surface area contributed by atoms with Gasteiger partial charge in [0.1, 0.15) is 24.0 Å². The Balaban J connectivity index is 1.68. The van der Waals surface area contributed by atoms with Crippen LogP contribution in [0.5, 0.6) is 5.75 Å². The Labute approximate surface area is 153 Å². The molecule has 0 saturated carbocycles. The molecule has 3 aromatic rings. The van der Waals surface area contributed by atoms with Gasteiger partial charge in [0.05, 0.1) is 10.7 Å². The molecule has 6 heteroatoms. The molecule has 0 bridgehead atoms. The van der Waals surface area contributed by atoms with Gasteiger partial charge in [0.25, 0.3) is 0 Å². The molecule has 0 spiro atoms. The van der Waals surface area contributed by atoms with Crippen LogP contribution in [0.1, 0.15) is 11.1 Å². The molecule has 3 rings (SSSR count). The number of hydrogen-bond acceptors (Lipinski definition) is 2. The highest BCUT2D eigenvalue weighted by Crippen LogP contribution is 2.26. The van der Waals surface area contributed by atoms with Crippen molar-refractivity contribution < 1.29 is 17.9 Å². The maximum absolute atomic E-state index is 13.6. The highest BCUT2D eigenvalue weighted by atomic mass is 35.5. The summed E-state index contributed by atoms with van der Waals surface area (Å²) in [4.78, 5) is 3.99. The van der Waals surface area contributed by atoms with Gasteiger partial charge < -0.3 is 4.74 Å². The lowest BCUT2D eigenvalue weighted by Crippen LogP contribution is -1.96. The van der Waals surface area contributed by atoms with E-state index in [4.69, 9.17) is 16.3 Å². The number of aliphatic imine (C=N–C) groups is 1. The van der Waals surface area contributed by atoms with E-state index < -0.39 is 11.6 Å². The monoisotopic (exact) mass is 375 g/mol. The van der Waals surface area contributed by atoms with Crippen molar-refractivity contribution in [3.05, 3.63) is 94.3 Å². The second-order valence-corrected chi connectivity index (χ2v) is 5.87. The Morgan fingerprint density at radius 2 is 1.62 bits per heavy atom. The molecule has 0 amide bonds. The molecule has 0 aliphatic heterocycles. The van der Waals surface area contributed by atoms with E-state index in [1.807, 2.05) is 0 Å². The summed E-state index contributed by atoms with van der Waals surface area (Å²) < 4.78 is 44.9. The van der Waals surface area contributed by atoms with Crippen molar-refractivity contribution in [2.45, 2.75) is 6.61 Å². The first kappa shape index (κ1) is 18.0. The van der Waals surface area contributed by atoms with Gasteiger partial charge in [0, 0.05) is 12.3 Å². The molecule has 0 aliphatic carbocycles. The molecular weight excluding hydrogens is 363 g/mol. The molecule has 0 unspecified atom stereocenters. The van der Waals surface area contributed by atoms with E-state index in [1.165, 1.54) is 24.4 Å². The molecule has 26 heavy (non-hydrogen) atoms. The van der Waals surface area contributed by atoms with E-state index in [-0.39, 0.29) is 18.1 Å². The number of halogens is 4. The maximum Gasteiger partial charge on any atom is 0.151 e. The van der Waals surface area contributed by atoms with Crippen molar-refractivity contribution in [3.8, 4) is 5.75 Å². The lowest BCUT2D eigenvalue weighted by molar-refractivity contribution is 0.306. The molecule has 3 aromatic carbocycles. The average molecular weight is 376 g/mol. The van der Waals surface area contributed by atoms with Crippen LogP contribution in [0.3, 0.4) is 0 Å². The van der Waals surface area contributed by atoms with Crippen molar-refractivity contribution in [1.29, 1.82) is 0 Å². The van der Waals surface area contributed by atoms with Crippen LogP contribution < -0.4 is 4.74 Å². The molecule has 0 radical (unpaired) electrons. The minimum absolute atomic E-state index is 0.0270. The summed E-state index contributed by atoms with van der Waals surface area (Å²) in [7, 11) is 0. The minimum atomic E-state index is -0.744. The van der Waals surface area contributed by atoms with Crippen LogP contribution in [0.15, 0.2) is 65.7 Å². The average Bonchev–Trinajstić information content (AvgIpc) is 2.61. The lowest BCUT2D eigenvalue weighted by atomic mass is 10.2. The van der Waals surface area contributed by atoms with Gasteiger partial charge in [-0.2, -0.15) is 0 Å². The molecule has 132 valence electrons. The Morgan fingerprint density at radius 3 is 2.31 bits per heavy atom. The third-order valence-electron chi connectivity index (χ3n) is 3.53. The van der Waals surface area contributed by atoms with Gasteiger partial charge in [0.2, 0.25) is 0 Å². The molecule has 0 atom stereocenters. The van der Waals surface area contributed by atoms with E-state index in [1.54, 1.807) is 30.3 Å². The summed E-state index contributed by atoms with van der Waals surface area (Å²) in [6.07, 6.45) is 1.42. The second kappa shape index (κ2) is 8.06. The molecule has 0 N–H and O–H groups in total. The van der Waals surface area contributed by atoms with Gasteiger partial charge in [-0.1, -0.05) is 23.7 Å². The summed E-state index contributed by atoms with van der Waals surface area (Å²) in [6.45, 7) is 0.244. The predicted octanol–water partition coefficient (Wildman–Crippen LogP) is 6.09. The van der Waals surface area contributed by atoms with E-state index >= 15 is 0 Å². The Hall–Kier alpha value is -2.79. The number of benzene rings is 3. The van der Waals surface area contributed by atoms with Gasteiger partial charge in [-0.3, -0.25) is 4.99 Å². The zero-order chi connectivity index (χ0) is 18.5. The molecular formula is C20H13ClF3NO.